The number of hydrogen-bond acceptors (Lipinski definition) is 4. The van der Waals surface area contributed by atoms with Crippen molar-refractivity contribution in [2.24, 2.45) is 0 Å². The first-order valence-electron chi connectivity index (χ1n) is 5.81. The number of methoxy groups -OCH3 is 1. The molecule has 0 aliphatic heterocycles. The zero-order valence-electron chi connectivity index (χ0n) is 11.1. The number of aromatic nitrogens is 2. The van der Waals surface area contributed by atoms with E-state index in [0.29, 0.717) is 0 Å². The van der Waals surface area contributed by atoms with Gasteiger partial charge in [0.2, 0.25) is 0 Å². The Morgan fingerprint density at radius 2 is 1.94 bits per heavy atom. The summed E-state index contributed by atoms with van der Waals surface area (Å²) in [6, 6.07) is 4.13. The molecular weight excluding hydrogens is 226 g/mol. The van der Waals surface area contributed by atoms with Gasteiger partial charge >= 0.3 is 0 Å². The summed E-state index contributed by atoms with van der Waals surface area (Å²) in [4.78, 5) is 8.70. The zero-order valence-corrected chi connectivity index (χ0v) is 11.1. The van der Waals surface area contributed by atoms with Gasteiger partial charge in [-0.05, 0) is 31.0 Å². The SMILES string of the molecule is CNc1cncc(-c2c(C)cc(C)cc2OC)n1. The molecule has 0 atom stereocenters. The molecule has 0 radical (unpaired) electrons. The van der Waals surface area contributed by atoms with E-state index in [1.54, 1.807) is 19.5 Å². The molecule has 2 aromatic rings. The van der Waals surface area contributed by atoms with E-state index in [9.17, 15) is 0 Å². The molecule has 1 heterocycles. The number of rotatable bonds is 3. The van der Waals surface area contributed by atoms with Gasteiger partial charge in [-0.3, -0.25) is 4.98 Å². The van der Waals surface area contributed by atoms with Crippen LogP contribution in [0, 0.1) is 13.8 Å². The van der Waals surface area contributed by atoms with Gasteiger partial charge in [-0.1, -0.05) is 6.07 Å². The van der Waals surface area contributed by atoms with E-state index in [4.69, 9.17) is 4.74 Å². The minimum atomic E-state index is 0.745. The molecule has 0 spiro atoms. The summed E-state index contributed by atoms with van der Waals surface area (Å²) in [6.45, 7) is 4.10. The van der Waals surface area contributed by atoms with Crippen LogP contribution in [0.15, 0.2) is 24.5 Å². The van der Waals surface area contributed by atoms with Gasteiger partial charge in [-0.15, -0.1) is 0 Å². The molecule has 0 bridgehead atoms. The number of nitrogens with one attached hydrogen (secondary N) is 1. The predicted molar refractivity (Wildman–Crippen MR) is 73.0 cm³/mol. The second kappa shape index (κ2) is 5.04. The summed E-state index contributed by atoms with van der Waals surface area (Å²) in [7, 11) is 3.50. The molecule has 1 aromatic heterocycles. The first-order chi connectivity index (χ1) is 8.65. The van der Waals surface area contributed by atoms with E-state index in [0.717, 1.165) is 28.4 Å². The van der Waals surface area contributed by atoms with Crippen molar-refractivity contribution in [2.45, 2.75) is 13.8 Å². The average molecular weight is 243 g/mol. The second-order valence-electron chi connectivity index (χ2n) is 4.20. The van der Waals surface area contributed by atoms with Gasteiger partial charge in [0, 0.05) is 12.6 Å². The van der Waals surface area contributed by atoms with Crippen LogP contribution in [-0.2, 0) is 0 Å². The zero-order chi connectivity index (χ0) is 13.1. The molecule has 1 aromatic carbocycles. The van der Waals surface area contributed by atoms with Crippen molar-refractivity contribution in [2.75, 3.05) is 19.5 Å². The molecule has 94 valence electrons. The number of aryl methyl sites for hydroxylation is 2. The largest absolute Gasteiger partial charge is 0.496 e. The van der Waals surface area contributed by atoms with E-state index < -0.39 is 0 Å². The second-order valence-corrected chi connectivity index (χ2v) is 4.20. The Morgan fingerprint density at radius 1 is 1.17 bits per heavy atom. The van der Waals surface area contributed by atoms with Crippen LogP contribution in [-0.4, -0.2) is 24.1 Å². The maximum atomic E-state index is 5.45. The molecule has 0 aliphatic rings. The Labute approximate surface area is 107 Å². The third kappa shape index (κ3) is 2.27. The Balaban J connectivity index is 2.62. The standard InChI is InChI=1S/C14H17N3O/c1-9-5-10(2)14(12(6-9)18-4)11-7-16-8-13(15-3)17-11/h5-8H,1-4H3,(H,15,17). The van der Waals surface area contributed by atoms with Crippen LogP contribution in [0.5, 0.6) is 5.75 Å². The summed E-state index contributed by atoms with van der Waals surface area (Å²) in [5, 5.41) is 2.99. The number of nitrogens with zero attached hydrogens (tertiary/aromatic N) is 2. The van der Waals surface area contributed by atoms with Crippen LogP contribution in [0.4, 0.5) is 5.82 Å². The minimum Gasteiger partial charge on any atom is -0.496 e. The molecule has 2 rings (SSSR count). The molecule has 0 saturated carbocycles. The van der Waals surface area contributed by atoms with Crippen LogP contribution in [0.2, 0.25) is 0 Å². The van der Waals surface area contributed by atoms with Crippen molar-refractivity contribution >= 4 is 5.82 Å². The number of hydrogen-bond donors (Lipinski definition) is 1. The highest BCUT2D eigenvalue weighted by atomic mass is 16.5. The Morgan fingerprint density at radius 3 is 2.61 bits per heavy atom. The first kappa shape index (κ1) is 12.4. The van der Waals surface area contributed by atoms with Crippen molar-refractivity contribution in [1.82, 2.24) is 9.97 Å². The predicted octanol–water partition coefficient (Wildman–Crippen LogP) is 2.81. The van der Waals surface area contributed by atoms with Crippen LogP contribution < -0.4 is 10.1 Å². The molecular formula is C14H17N3O. The maximum absolute atomic E-state index is 5.45. The molecule has 18 heavy (non-hydrogen) atoms. The lowest BCUT2D eigenvalue weighted by Crippen LogP contribution is -1.98. The molecule has 0 aliphatic carbocycles. The fourth-order valence-electron chi connectivity index (χ4n) is 2.02. The van der Waals surface area contributed by atoms with Crippen LogP contribution in [0.1, 0.15) is 11.1 Å². The van der Waals surface area contributed by atoms with Gasteiger partial charge in [0.15, 0.2) is 0 Å². The highest BCUT2D eigenvalue weighted by Gasteiger charge is 2.12. The van der Waals surface area contributed by atoms with Crippen molar-refractivity contribution in [3.63, 3.8) is 0 Å². The van der Waals surface area contributed by atoms with Crippen molar-refractivity contribution < 1.29 is 4.74 Å². The van der Waals surface area contributed by atoms with Gasteiger partial charge in [-0.2, -0.15) is 0 Å². The smallest absolute Gasteiger partial charge is 0.144 e. The van der Waals surface area contributed by atoms with Crippen molar-refractivity contribution in [3.05, 3.63) is 35.7 Å². The number of ether oxygens (including phenoxy) is 1. The van der Waals surface area contributed by atoms with Crippen molar-refractivity contribution in [3.8, 4) is 17.0 Å². The molecule has 0 fully saturated rings. The van der Waals surface area contributed by atoms with Crippen LogP contribution >= 0.6 is 0 Å². The lowest BCUT2D eigenvalue weighted by molar-refractivity contribution is 0.415. The average Bonchev–Trinajstić information content (AvgIpc) is 2.37. The highest BCUT2D eigenvalue weighted by molar-refractivity contribution is 5.72. The normalized spacial score (nSPS) is 10.2. The van der Waals surface area contributed by atoms with Gasteiger partial charge < -0.3 is 10.1 Å². The highest BCUT2D eigenvalue weighted by Crippen LogP contribution is 2.33. The molecule has 0 amide bonds. The van der Waals surface area contributed by atoms with Gasteiger partial charge in [0.25, 0.3) is 0 Å². The third-order valence-electron chi connectivity index (χ3n) is 2.81. The van der Waals surface area contributed by atoms with E-state index in [2.05, 4.69) is 35.2 Å². The summed E-state index contributed by atoms with van der Waals surface area (Å²) < 4.78 is 5.45. The van der Waals surface area contributed by atoms with Gasteiger partial charge in [0.05, 0.1) is 25.2 Å². The Bertz CT molecular complexity index is 567. The Hall–Kier alpha value is -2.10. The van der Waals surface area contributed by atoms with Crippen LogP contribution in [0.3, 0.4) is 0 Å². The van der Waals surface area contributed by atoms with Crippen molar-refractivity contribution in [1.29, 1.82) is 0 Å². The summed E-state index contributed by atoms with van der Waals surface area (Å²) >= 11 is 0. The molecule has 1 N–H and O–H groups in total. The third-order valence-corrected chi connectivity index (χ3v) is 2.81. The minimum absolute atomic E-state index is 0.745. The molecule has 0 unspecified atom stereocenters. The Kier molecular flexibility index (Phi) is 3.46. The first-order valence-corrected chi connectivity index (χ1v) is 5.81. The molecule has 4 heteroatoms. The number of anilines is 1. The maximum Gasteiger partial charge on any atom is 0.144 e. The van der Waals surface area contributed by atoms with Gasteiger partial charge in [-0.25, -0.2) is 4.98 Å². The number of benzene rings is 1. The summed E-state index contributed by atoms with van der Waals surface area (Å²) in [6.07, 6.45) is 3.44. The summed E-state index contributed by atoms with van der Waals surface area (Å²) in [5.74, 6) is 1.57. The molecule has 4 nitrogen and oxygen atoms in total. The lowest BCUT2D eigenvalue weighted by atomic mass is 10.0. The van der Waals surface area contributed by atoms with E-state index in [1.165, 1.54) is 5.56 Å². The fourth-order valence-corrected chi connectivity index (χ4v) is 2.02. The van der Waals surface area contributed by atoms with Crippen LogP contribution in [0.25, 0.3) is 11.3 Å². The lowest BCUT2D eigenvalue weighted by Gasteiger charge is -2.12. The quantitative estimate of drug-likeness (QED) is 0.900. The molecule has 0 saturated heterocycles. The monoisotopic (exact) mass is 243 g/mol. The van der Waals surface area contributed by atoms with Gasteiger partial charge in [0.1, 0.15) is 11.6 Å². The van der Waals surface area contributed by atoms with E-state index >= 15 is 0 Å². The fraction of sp³-hybridized carbons (Fsp3) is 0.286. The van der Waals surface area contributed by atoms with E-state index in [-0.39, 0.29) is 0 Å². The van der Waals surface area contributed by atoms with E-state index in [1.807, 2.05) is 13.1 Å². The topological polar surface area (TPSA) is 47.0 Å². The summed E-state index contributed by atoms with van der Waals surface area (Å²) in [5.41, 5.74) is 4.11.